The number of carbonyl (C=O) groups is 1. The highest BCUT2D eigenvalue weighted by Crippen LogP contribution is 2.30. The highest BCUT2D eigenvalue weighted by molar-refractivity contribution is 7.13. The molecule has 1 atom stereocenters. The summed E-state index contributed by atoms with van der Waals surface area (Å²) in [5.74, 6) is 1.36. The fraction of sp³-hybridized carbons (Fsp3) is 0.316. The first kappa shape index (κ1) is 16.0. The van der Waals surface area contributed by atoms with Gasteiger partial charge in [-0.25, -0.2) is 0 Å². The molecule has 1 amide bonds. The van der Waals surface area contributed by atoms with E-state index in [9.17, 15) is 4.79 Å². The molecule has 0 saturated carbocycles. The minimum Gasteiger partial charge on any atom is -0.420 e. The van der Waals surface area contributed by atoms with Crippen molar-refractivity contribution in [2.24, 2.45) is 0 Å². The third-order valence-corrected chi connectivity index (χ3v) is 5.39. The molecule has 4 rings (SSSR count). The molecule has 0 radical (unpaired) electrons. The second-order valence-electron chi connectivity index (χ2n) is 6.38. The maximum absolute atomic E-state index is 12.7. The SMILES string of the molecule is Cc1ccc(C(=O)N2CCCC(c3nnc(-c4cccs4)o3)C2)cc1. The number of amides is 1. The Kier molecular flexibility index (Phi) is 4.36. The maximum Gasteiger partial charge on any atom is 0.257 e. The number of likely N-dealkylation sites (tertiary alicyclic amines) is 1. The average Bonchev–Trinajstić information content (AvgIpc) is 3.33. The van der Waals surface area contributed by atoms with Gasteiger partial charge in [-0.1, -0.05) is 23.8 Å². The van der Waals surface area contributed by atoms with Crippen molar-refractivity contribution < 1.29 is 9.21 Å². The van der Waals surface area contributed by atoms with E-state index in [1.54, 1.807) is 11.3 Å². The summed E-state index contributed by atoms with van der Waals surface area (Å²) in [6.07, 6.45) is 1.91. The number of aryl methyl sites for hydroxylation is 1. The summed E-state index contributed by atoms with van der Waals surface area (Å²) in [4.78, 5) is 15.6. The Hall–Kier alpha value is -2.47. The van der Waals surface area contributed by atoms with Gasteiger partial charge in [-0.3, -0.25) is 4.79 Å². The smallest absolute Gasteiger partial charge is 0.257 e. The van der Waals surface area contributed by atoms with E-state index in [1.807, 2.05) is 53.6 Å². The molecule has 5 nitrogen and oxygen atoms in total. The number of hydrogen-bond donors (Lipinski definition) is 0. The normalized spacial score (nSPS) is 17.6. The molecule has 25 heavy (non-hydrogen) atoms. The summed E-state index contributed by atoms with van der Waals surface area (Å²) in [5.41, 5.74) is 1.89. The van der Waals surface area contributed by atoms with E-state index in [2.05, 4.69) is 10.2 Å². The Morgan fingerprint density at radius 2 is 2.08 bits per heavy atom. The summed E-state index contributed by atoms with van der Waals surface area (Å²) >= 11 is 1.58. The molecule has 3 heterocycles. The quantitative estimate of drug-likeness (QED) is 0.710. The van der Waals surface area contributed by atoms with Crippen LogP contribution in [0.3, 0.4) is 0 Å². The van der Waals surface area contributed by atoms with E-state index in [0.717, 1.165) is 35.4 Å². The molecular weight excluding hydrogens is 334 g/mol. The molecule has 1 saturated heterocycles. The molecule has 0 N–H and O–H groups in total. The van der Waals surface area contributed by atoms with Gasteiger partial charge in [0.15, 0.2) is 0 Å². The minimum atomic E-state index is 0.0719. The lowest BCUT2D eigenvalue weighted by Gasteiger charge is -2.31. The van der Waals surface area contributed by atoms with Crippen LogP contribution >= 0.6 is 11.3 Å². The van der Waals surface area contributed by atoms with E-state index in [-0.39, 0.29) is 11.8 Å². The molecule has 0 spiro atoms. The zero-order valence-corrected chi connectivity index (χ0v) is 14.8. The molecule has 3 aromatic rings. The Bertz CT molecular complexity index is 855. The molecule has 2 aromatic heterocycles. The van der Waals surface area contributed by atoms with Crippen LogP contribution in [0.4, 0.5) is 0 Å². The van der Waals surface area contributed by atoms with Gasteiger partial charge in [0.2, 0.25) is 5.89 Å². The van der Waals surface area contributed by atoms with Crippen LogP contribution in [0.5, 0.6) is 0 Å². The van der Waals surface area contributed by atoms with E-state index in [4.69, 9.17) is 4.42 Å². The predicted octanol–water partition coefficient (Wildman–Crippen LogP) is 4.13. The zero-order valence-electron chi connectivity index (χ0n) is 14.0. The fourth-order valence-electron chi connectivity index (χ4n) is 3.14. The van der Waals surface area contributed by atoms with Gasteiger partial charge in [0.25, 0.3) is 11.8 Å². The number of nitrogens with zero attached hydrogens (tertiary/aromatic N) is 3. The van der Waals surface area contributed by atoms with Crippen molar-refractivity contribution in [3.05, 3.63) is 58.8 Å². The molecule has 6 heteroatoms. The van der Waals surface area contributed by atoms with Gasteiger partial charge in [0, 0.05) is 18.7 Å². The Morgan fingerprint density at radius 3 is 2.84 bits per heavy atom. The molecule has 128 valence electrons. The number of thiophene rings is 1. The van der Waals surface area contributed by atoms with Crippen LogP contribution in [0, 0.1) is 6.92 Å². The second-order valence-corrected chi connectivity index (χ2v) is 7.33. The van der Waals surface area contributed by atoms with Gasteiger partial charge >= 0.3 is 0 Å². The number of rotatable bonds is 3. The van der Waals surface area contributed by atoms with Crippen LogP contribution in [-0.4, -0.2) is 34.1 Å². The van der Waals surface area contributed by atoms with Gasteiger partial charge in [0.05, 0.1) is 10.8 Å². The van der Waals surface area contributed by atoms with Crippen LogP contribution in [-0.2, 0) is 0 Å². The highest BCUT2D eigenvalue weighted by Gasteiger charge is 2.29. The molecular formula is C19H19N3O2S. The summed E-state index contributed by atoms with van der Waals surface area (Å²) in [5, 5.41) is 10.4. The number of aromatic nitrogens is 2. The first-order chi connectivity index (χ1) is 12.2. The van der Waals surface area contributed by atoms with E-state index >= 15 is 0 Å². The zero-order chi connectivity index (χ0) is 17.2. The minimum absolute atomic E-state index is 0.0719. The number of hydrogen-bond acceptors (Lipinski definition) is 5. The van der Waals surface area contributed by atoms with Gasteiger partial charge in [0.1, 0.15) is 0 Å². The molecule has 1 fully saturated rings. The van der Waals surface area contributed by atoms with Crippen molar-refractivity contribution in [2.75, 3.05) is 13.1 Å². The van der Waals surface area contributed by atoms with E-state index in [0.29, 0.717) is 18.3 Å². The first-order valence-corrected chi connectivity index (χ1v) is 9.32. The van der Waals surface area contributed by atoms with E-state index < -0.39 is 0 Å². The van der Waals surface area contributed by atoms with Crippen molar-refractivity contribution in [2.45, 2.75) is 25.7 Å². The third-order valence-electron chi connectivity index (χ3n) is 4.53. The van der Waals surface area contributed by atoms with Gasteiger partial charge in [-0.2, -0.15) is 0 Å². The lowest BCUT2D eigenvalue weighted by molar-refractivity contribution is 0.0698. The molecule has 1 unspecified atom stereocenters. The molecule has 0 aliphatic carbocycles. The average molecular weight is 353 g/mol. The first-order valence-electron chi connectivity index (χ1n) is 8.44. The number of benzene rings is 1. The topological polar surface area (TPSA) is 59.2 Å². The predicted molar refractivity (Wildman–Crippen MR) is 96.7 cm³/mol. The van der Waals surface area contributed by atoms with Crippen LogP contribution in [0.25, 0.3) is 10.8 Å². The lowest BCUT2D eigenvalue weighted by atomic mass is 9.97. The van der Waals surface area contributed by atoms with Crippen molar-refractivity contribution in [1.29, 1.82) is 0 Å². The van der Waals surface area contributed by atoms with Crippen LogP contribution in [0.15, 0.2) is 46.2 Å². The van der Waals surface area contributed by atoms with Crippen molar-refractivity contribution in [3.8, 4) is 10.8 Å². The lowest BCUT2D eigenvalue weighted by Crippen LogP contribution is -2.39. The van der Waals surface area contributed by atoms with Crippen LogP contribution in [0.2, 0.25) is 0 Å². The molecule has 1 aliphatic rings. The summed E-state index contributed by atoms with van der Waals surface area (Å²) < 4.78 is 5.87. The van der Waals surface area contributed by atoms with Crippen LogP contribution < -0.4 is 0 Å². The van der Waals surface area contributed by atoms with Crippen molar-refractivity contribution >= 4 is 17.2 Å². The summed E-state index contributed by atoms with van der Waals surface area (Å²) in [7, 11) is 0. The van der Waals surface area contributed by atoms with E-state index in [1.165, 1.54) is 0 Å². The van der Waals surface area contributed by atoms with Gasteiger partial charge in [-0.15, -0.1) is 21.5 Å². The summed E-state index contributed by atoms with van der Waals surface area (Å²) in [6.45, 7) is 3.42. The summed E-state index contributed by atoms with van der Waals surface area (Å²) in [6, 6.07) is 11.7. The molecule has 1 aromatic carbocycles. The van der Waals surface area contributed by atoms with Gasteiger partial charge in [-0.05, 0) is 43.3 Å². The van der Waals surface area contributed by atoms with Crippen LogP contribution in [0.1, 0.15) is 40.6 Å². The maximum atomic E-state index is 12.7. The van der Waals surface area contributed by atoms with Crippen molar-refractivity contribution in [1.82, 2.24) is 15.1 Å². The molecule has 1 aliphatic heterocycles. The standard InChI is InChI=1S/C19H19N3O2S/c1-13-6-8-14(9-7-13)19(23)22-10-2-4-15(12-22)17-20-21-18(24-17)16-5-3-11-25-16/h3,5-9,11,15H,2,4,10,12H2,1H3. The third kappa shape index (κ3) is 3.35. The monoisotopic (exact) mass is 353 g/mol. The Balaban J connectivity index is 1.49. The molecule has 0 bridgehead atoms. The van der Waals surface area contributed by atoms with Crippen molar-refractivity contribution in [3.63, 3.8) is 0 Å². The fourth-order valence-corrected chi connectivity index (χ4v) is 3.79. The highest BCUT2D eigenvalue weighted by atomic mass is 32.1. The number of piperidine rings is 1. The Morgan fingerprint density at radius 1 is 1.24 bits per heavy atom. The van der Waals surface area contributed by atoms with Gasteiger partial charge < -0.3 is 9.32 Å². The number of carbonyl (C=O) groups excluding carboxylic acids is 1. The Labute approximate surface area is 150 Å². The second kappa shape index (κ2) is 6.80. The largest absolute Gasteiger partial charge is 0.420 e.